The molecule has 0 amide bonds. The lowest BCUT2D eigenvalue weighted by Crippen LogP contribution is -2.06. The third-order valence-corrected chi connectivity index (χ3v) is 4.01. The molecule has 4 aromatic rings. The van der Waals surface area contributed by atoms with Crippen LogP contribution in [0.3, 0.4) is 0 Å². The van der Waals surface area contributed by atoms with Gasteiger partial charge in [0.25, 0.3) is 0 Å². The van der Waals surface area contributed by atoms with E-state index in [1.54, 1.807) is 10.6 Å². The Bertz CT molecular complexity index is 995. The SMILES string of the molecule is Fc1cccc(-c2cc3nc(NCCc4ccccc4)ccn3n2)c1. The van der Waals surface area contributed by atoms with Crippen LogP contribution in [0.2, 0.25) is 0 Å². The maximum atomic E-state index is 13.4. The third-order valence-electron chi connectivity index (χ3n) is 4.01. The largest absolute Gasteiger partial charge is 0.370 e. The van der Waals surface area contributed by atoms with Crippen molar-refractivity contribution in [3.8, 4) is 11.3 Å². The predicted octanol–water partition coefficient (Wildman–Crippen LogP) is 4.19. The summed E-state index contributed by atoms with van der Waals surface area (Å²) in [6, 6.07) is 20.5. The van der Waals surface area contributed by atoms with E-state index >= 15 is 0 Å². The molecule has 124 valence electrons. The first-order valence-corrected chi connectivity index (χ1v) is 8.18. The first kappa shape index (κ1) is 15.3. The highest BCUT2D eigenvalue weighted by Crippen LogP contribution is 2.20. The second-order valence-electron chi connectivity index (χ2n) is 5.82. The molecule has 0 aliphatic heterocycles. The van der Waals surface area contributed by atoms with Gasteiger partial charge in [-0.25, -0.2) is 13.9 Å². The summed E-state index contributed by atoms with van der Waals surface area (Å²) in [5.41, 5.74) is 3.45. The van der Waals surface area contributed by atoms with E-state index in [2.05, 4.69) is 27.5 Å². The molecule has 0 bridgehead atoms. The number of halogens is 1. The molecule has 0 aliphatic rings. The number of aromatic nitrogens is 3. The Labute approximate surface area is 145 Å². The quantitative estimate of drug-likeness (QED) is 0.596. The maximum absolute atomic E-state index is 13.4. The molecule has 4 rings (SSSR count). The van der Waals surface area contributed by atoms with Gasteiger partial charge >= 0.3 is 0 Å². The standard InChI is InChI=1S/C20H17FN4/c21-17-8-4-7-16(13-17)18-14-20-23-19(10-12-25(20)24-18)22-11-9-15-5-2-1-3-6-15/h1-8,10,12-14H,9,11H2,(H,22,23). The van der Waals surface area contributed by atoms with E-state index in [-0.39, 0.29) is 5.82 Å². The summed E-state index contributed by atoms with van der Waals surface area (Å²) < 4.78 is 15.1. The molecular weight excluding hydrogens is 315 g/mol. The molecule has 2 aromatic heterocycles. The van der Waals surface area contributed by atoms with Crippen molar-refractivity contribution >= 4 is 11.5 Å². The number of rotatable bonds is 5. The van der Waals surface area contributed by atoms with Gasteiger partial charge in [-0.1, -0.05) is 42.5 Å². The first-order valence-electron chi connectivity index (χ1n) is 8.18. The predicted molar refractivity (Wildman–Crippen MR) is 97.0 cm³/mol. The second kappa shape index (κ2) is 6.73. The lowest BCUT2D eigenvalue weighted by molar-refractivity contribution is 0.628. The lowest BCUT2D eigenvalue weighted by atomic mass is 10.1. The summed E-state index contributed by atoms with van der Waals surface area (Å²) >= 11 is 0. The van der Waals surface area contributed by atoms with Crippen LogP contribution in [0.25, 0.3) is 16.9 Å². The van der Waals surface area contributed by atoms with Crippen molar-refractivity contribution in [2.75, 3.05) is 11.9 Å². The highest BCUT2D eigenvalue weighted by Gasteiger charge is 2.07. The molecule has 2 aromatic carbocycles. The topological polar surface area (TPSA) is 42.2 Å². The Balaban J connectivity index is 1.50. The van der Waals surface area contributed by atoms with Crippen molar-refractivity contribution in [3.63, 3.8) is 0 Å². The molecule has 0 aliphatic carbocycles. The molecular formula is C20H17FN4. The fourth-order valence-corrected chi connectivity index (χ4v) is 2.75. The molecule has 0 unspecified atom stereocenters. The summed E-state index contributed by atoms with van der Waals surface area (Å²) in [7, 11) is 0. The Morgan fingerprint density at radius 2 is 1.84 bits per heavy atom. The van der Waals surface area contributed by atoms with E-state index in [9.17, 15) is 4.39 Å². The maximum Gasteiger partial charge on any atom is 0.157 e. The number of hydrogen-bond donors (Lipinski definition) is 1. The van der Waals surface area contributed by atoms with E-state index in [0.717, 1.165) is 30.0 Å². The summed E-state index contributed by atoms with van der Waals surface area (Å²) in [5.74, 6) is 0.528. The first-order chi connectivity index (χ1) is 12.3. The van der Waals surface area contributed by atoms with Gasteiger partial charge in [-0.05, 0) is 30.2 Å². The molecule has 0 spiro atoms. The van der Waals surface area contributed by atoms with Crippen molar-refractivity contribution in [1.82, 2.24) is 14.6 Å². The van der Waals surface area contributed by atoms with Crippen molar-refractivity contribution in [2.45, 2.75) is 6.42 Å². The number of hydrogen-bond acceptors (Lipinski definition) is 3. The molecule has 0 atom stereocenters. The van der Waals surface area contributed by atoms with E-state index in [1.165, 1.54) is 17.7 Å². The van der Waals surface area contributed by atoms with Gasteiger partial charge in [-0.2, -0.15) is 5.10 Å². The van der Waals surface area contributed by atoms with Gasteiger partial charge in [0.05, 0.1) is 5.69 Å². The summed E-state index contributed by atoms with van der Waals surface area (Å²) in [6.07, 6.45) is 2.79. The molecule has 0 saturated carbocycles. The van der Waals surface area contributed by atoms with Crippen LogP contribution in [0.5, 0.6) is 0 Å². The third kappa shape index (κ3) is 3.50. The van der Waals surface area contributed by atoms with Crippen LogP contribution in [0, 0.1) is 5.82 Å². The van der Waals surface area contributed by atoms with Crippen LogP contribution < -0.4 is 5.32 Å². The molecule has 0 saturated heterocycles. The van der Waals surface area contributed by atoms with Crippen LogP contribution in [0.1, 0.15) is 5.56 Å². The molecule has 4 nitrogen and oxygen atoms in total. The van der Waals surface area contributed by atoms with Gasteiger partial charge < -0.3 is 5.32 Å². The van der Waals surface area contributed by atoms with Crippen molar-refractivity contribution < 1.29 is 4.39 Å². The van der Waals surface area contributed by atoms with Gasteiger partial charge in [0, 0.05) is 24.4 Å². The fraction of sp³-hybridized carbons (Fsp3) is 0.100. The van der Waals surface area contributed by atoms with Crippen LogP contribution in [0.4, 0.5) is 10.2 Å². The number of nitrogens with one attached hydrogen (secondary N) is 1. The molecule has 0 radical (unpaired) electrons. The summed E-state index contributed by atoms with van der Waals surface area (Å²) in [5, 5.41) is 7.78. The van der Waals surface area contributed by atoms with Crippen molar-refractivity contribution in [3.05, 3.63) is 84.3 Å². The summed E-state index contributed by atoms with van der Waals surface area (Å²) in [4.78, 5) is 4.57. The normalized spacial score (nSPS) is 10.9. The van der Waals surface area contributed by atoms with E-state index < -0.39 is 0 Å². The molecule has 25 heavy (non-hydrogen) atoms. The van der Waals surface area contributed by atoms with E-state index in [4.69, 9.17) is 0 Å². The average molecular weight is 332 g/mol. The van der Waals surface area contributed by atoms with Gasteiger partial charge in [0.2, 0.25) is 0 Å². The Morgan fingerprint density at radius 1 is 0.960 bits per heavy atom. The molecule has 0 fully saturated rings. The molecule has 1 N–H and O–H groups in total. The Morgan fingerprint density at radius 3 is 2.68 bits per heavy atom. The highest BCUT2D eigenvalue weighted by atomic mass is 19.1. The van der Waals surface area contributed by atoms with Crippen molar-refractivity contribution in [1.29, 1.82) is 0 Å². The minimum atomic E-state index is -0.272. The molecule has 2 heterocycles. The Hall–Kier alpha value is -3.21. The van der Waals surface area contributed by atoms with Crippen LogP contribution >= 0.6 is 0 Å². The zero-order chi connectivity index (χ0) is 17.1. The number of benzene rings is 2. The second-order valence-corrected chi connectivity index (χ2v) is 5.82. The van der Waals surface area contributed by atoms with Crippen LogP contribution in [0.15, 0.2) is 72.9 Å². The Kier molecular flexibility index (Phi) is 4.12. The highest BCUT2D eigenvalue weighted by molar-refractivity contribution is 5.64. The van der Waals surface area contributed by atoms with Gasteiger partial charge in [0.15, 0.2) is 5.65 Å². The van der Waals surface area contributed by atoms with Gasteiger partial charge in [-0.3, -0.25) is 0 Å². The van der Waals surface area contributed by atoms with E-state index in [1.807, 2.05) is 42.6 Å². The zero-order valence-corrected chi connectivity index (χ0v) is 13.6. The van der Waals surface area contributed by atoms with Gasteiger partial charge in [-0.15, -0.1) is 0 Å². The minimum Gasteiger partial charge on any atom is -0.370 e. The lowest BCUT2D eigenvalue weighted by Gasteiger charge is -2.05. The van der Waals surface area contributed by atoms with Crippen LogP contribution in [-0.4, -0.2) is 21.1 Å². The molecule has 5 heteroatoms. The van der Waals surface area contributed by atoms with E-state index in [0.29, 0.717) is 5.69 Å². The smallest absolute Gasteiger partial charge is 0.157 e. The monoisotopic (exact) mass is 332 g/mol. The fourth-order valence-electron chi connectivity index (χ4n) is 2.75. The average Bonchev–Trinajstić information content (AvgIpc) is 3.06. The number of anilines is 1. The summed E-state index contributed by atoms with van der Waals surface area (Å²) in [6.45, 7) is 0.804. The van der Waals surface area contributed by atoms with Crippen LogP contribution in [-0.2, 0) is 6.42 Å². The minimum absolute atomic E-state index is 0.272. The van der Waals surface area contributed by atoms with Gasteiger partial charge in [0.1, 0.15) is 11.6 Å². The van der Waals surface area contributed by atoms with Crippen molar-refractivity contribution in [2.24, 2.45) is 0 Å². The number of nitrogens with zero attached hydrogens (tertiary/aromatic N) is 3. The number of fused-ring (bicyclic) bond motifs is 1. The zero-order valence-electron chi connectivity index (χ0n) is 13.6.